The third-order valence-electron chi connectivity index (χ3n) is 3.96. The predicted molar refractivity (Wildman–Crippen MR) is 98.5 cm³/mol. The first-order valence-corrected chi connectivity index (χ1v) is 8.23. The number of nitrogens with zero attached hydrogens (tertiary/aromatic N) is 1. The van der Waals surface area contributed by atoms with Gasteiger partial charge in [-0.05, 0) is 30.7 Å². The fourth-order valence-electron chi connectivity index (χ4n) is 2.63. The highest BCUT2D eigenvalue weighted by molar-refractivity contribution is 5.81. The molecule has 1 aromatic heterocycles. The number of carbonyl (C=O) groups excluding carboxylic acids is 1. The molecule has 0 aliphatic carbocycles. The van der Waals surface area contributed by atoms with E-state index in [0.717, 1.165) is 16.0 Å². The molecule has 3 rings (SSSR count). The Bertz CT molecular complexity index is 1050. The van der Waals surface area contributed by atoms with E-state index in [-0.39, 0.29) is 17.8 Å². The van der Waals surface area contributed by atoms with Crippen molar-refractivity contribution in [1.29, 1.82) is 0 Å². The number of fused-ring (bicyclic) bond motifs is 1. The van der Waals surface area contributed by atoms with E-state index in [1.807, 2.05) is 31.2 Å². The van der Waals surface area contributed by atoms with Crippen LogP contribution in [-0.4, -0.2) is 28.8 Å². The highest BCUT2D eigenvalue weighted by Gasteiger charge is 2.09. The summed E-state index contributed by atoms with van der Waals surface area (Å²) in [5.41, 5.74) is 0.196. The quantitative estimate of drug-likeness (QED) is 0.651. The molecule has 7 nitrogen and oxygen atoms in total. The lowest BCUT2D eigenvalue weighted by Crippen LogP contribution is -2.37. The van der Waals surface area contributed by atoms with Gasteiger partial charge < -0.3 is 10.1 Å². The number of benzene rings is 2. The summed E-state index contributed by atoms with van der Waals surface area (Å²) in [5, 5.41) is 5.69. The van der Waals surface area contributed by atoms with E-state index >= 15 is 0 Å². The topological polar surface area (TPSA) is 93.2 Å². The van der Waals surface area contributed by atoms with Crippen LogP contribution in [0.4, 0.5) is 0 Å². The fourth-order valence-corrected chi connectivity index (χ4v) is 2.63. The van der Waals surface area contributed by atoms with E-state index in [4.69, 9.17) is 4.74 Å². The lowest BCUT2D eigenvalue weighted by Gasteiger charge is -2.10. The minimum Gasteiger partial charge on any atom is -0.491 e. The van der Waals surface area contributed by atoms with Gasteiger partial charge in [-0.2, -0.15) is 0 Å². The van der Waals surface area contributed by atoms with E-state index in [1.54, 1.807) is 24.3 Å². The first-order chi connectivity index (χ1) is 12.6. The van der Waals surface area contributed by atoms with E-state index in [0.29, 0.717) is 18.5 Å². The number of para-hydroxylation sites is 1. The van der Waals surface area contributed by atoms with Crippen LogP contribution in [0.2, 0.25) is 0 Å². The molecule has 0 bridgehead atoms. The van der Waals surface area contributed by atoms with Gasteiger partial charge in [-0.15, -0.1) is 0 Å². The van der Waals surface area contributed by atoms with Crippen molar-refractivity contribution in [2.75, 3.05) is 13.2 Å². The van der Waals surface area contributed by atoms with Crippen molar-refractivity contribution in [3.63, 3.8) is 0 Å². The summed E-state index contributed by atoms with van der Waals surface area (Å²) in [6, 6.07) is 14.1. The van der Waals surface area contributed by atoms with Gasteiger partial charge in [-0.25, -0.2) is 4.68 Å². The highest BCUT2D eigenvalue weighted by atomic mass is 16.5. The van der Waals surface area contributed by atoms with Gasteiger partial charge in [0.25, 0.3) is 11.1 Å². The molecule has 0 saturated carbocycles. The zero-order chi connectivity index (χ0) is 18.5. The van der Waals surface area contributed by atoms with Crippen LogP contribution in [0.3, 0.4) is 0 Å². The van der Waals surface area contributed by atoms with Crippen molar-refractivity contribution in [2.45, 2.75) is 13.5 Å². The van der Waals surface area contributed by atoms with Crippen LogP contribution in [0.5, 0.6) is 5.75 Å². The van der Waals surface area contributed by atoms with Crippen LogP contribution in [0.25, 0.3) is 10.8 Å². The van der Waals surface area contributed by atoms with Gasteiger partial charge >= 0.3 is 0 Å². The molecule has 0 aliphatic rings. The molecule has 3 aromatic rings. The minimum atomic E-state index is -0.411. The molecule has 134 valence electrons. The first-order valence-electron chi connectivity index (χ1n) is 8.23. The van der Waals surface area contributed by atoms with Gasteiger partial charge in [0.15, 0.2) is 0 Å². The van der Waals surface area contributed by atoms with Crippen molar-refractivity contribution in [3.8, 4) is 5.75 Å². The molecular formula is C19H19N3O4. The third-order valence-corrected chi connectivity index (χ3v) is 3.96. The number of nitrogens with one attached hydrogen (secondary N) is 2. The summed E-state index contributed by atoms with van der Waals surface area (Å²) >= 11 is 0. The second kappa shape index (κ2) is 7.69. The summed E-state index contributed by atoms with van der Waals surface area (Å²) in [6.07, 6.45) is 0. The number of aromatic amines is 1. The molecule has 2 N–H and O–H groups in total. The molecule has 0 aliphatic heterocycles. The molecule has 0 saturated heterocycles. The lowest BCUT2D eigenvalue weighted by molar-refractivity contribution is -0.122. The number of amides is 1. The van der Waals surface area contributed by atoms with Crippen molar-refractivity contribution in [3.05, 3.63) is 74.8 Å². The number of hydrogen-bond donors (Lipinski definition) is 2. The Hall–Kier alpha value is -3.35. The second-order valence-corrected chi connectivity index (χ2v) is 5.84. The maximum Gasteiger partial charge on any atom is 0.273 e. The van der Waals surface area contributed by atoms with Crippen LogP contribution in [0.15, 0.2) is 58.1 Å². The molecule has 7 heteroatoms. The number of rotatable bonds is 6. The van der Waals surface area contributed by atoms with Gasteiger partial charge in [-0.1, -0.05) is 30.3 Å². The monoisotopic (exact) mass is 353 g/mol. The van der Waals surface area contributed by atoms with Gasteiger partial charge in [0.1, 0.15) is 18.9 Å². The maximum atomic E-state index is 12.4. The largest absolute Gasteiger partial charge is 0.491 e. The van der Waals surface area contributed by atoms with Crippen LogP contribution < -0.4 is 21.2 Å². The number of hydrogen-bond acceptors (Lipinski definition) is 4. The number of aromatic nitrogens is 2. The average Bonchev–Trinajstić information content (AvgIpc) is 2.64. The summed E-state index contributed by atoms with van der Waals surface area (Å²) in [5.74, 6) is 0.378. The Labute approximate surface area is 149 Å². The SMILES string of the molecule is Cc1ccccc1OCCNC(=O)Cn1[nH]c(=O)c2ccccc2c1=O. The molecule has 0 atom stereocenters. The first kappa shape index (κ1) is 17.5. The van der Waals surface area contributed by atoms with Crippen LogP contribution in [0.1, 0.15) is 5.56 Å². The maximum absolute atomic E-state index is 12.4. The average molecular weight is 353 g/mol. The molecule has 1 amide bonds. The van der Waals surface area contributed by atoms with E-state index in [9.17, 15) is 14.4 Å². The molecule has 26 heavy (non-hydrogen) atoms. The minimum absolute atomic E-state index is 0.261. The second-order valence-electron chi connectivity index (χ2n) is 5.84. The molecule has 0 radical (unpaired) electrons. The van der Waals surface area contributed by atoms with Crippen molar-refractivity contribution < 1.29 is 9.53 Å². The molecule has 0 spiro atoms. The highest BCUT2D eigenvalue weighted by Crippen LogP contribution is 2.15. The van der Waals surface area contributed by atoms with Crippen molar-refractivity contribution >= 4 is 16.7 Å². The Kier molecular flexibility index (Phi) is 5.17. The number of aryl methyl sites for hydroxylation is 1. The zero-order valence-corrected chi connectivity index (χ0v) is 14.3. The summed E-state index contributed by atoms with van der Waals surface area (Å²) in [4.78, 5) is 36.4. The number of ether oxygens (including phenoxy) is 1. The zero-order valence-electron chi connectivity index (χ0n) is 14.3. The van der Waals surface area contributed by atoms with Gasteiger partial charge in [0, 0.05) is 0 Å². The number of carbonyl (C=O) groups is 1. The lowest BCUT2D eigenvalue weighted by atomic mass is 10.2. The summed E-state index contributed by atoms with van der Waals surface area (Å²) in [6.45, 7) is 2.28. The van der Waals surface area contributed by atoms with E-state index in [2.05, 4.69) is 10.4 Å². The Morgan fingerprint density at radius 3 is 2.54 bits per heavy atom. The van der Waals surface area contributed by atoms with Crippen LogP contribution in [-0.2, 0) is 11.3 Å². The summed E-state index contributed by atoms with van der Waals surface area (Å²) < 4.78 is 6.61. The smallest absolute Gasteiger partial charge is 0.273 e. The van der Waals surface area contributed by atoms with E-state index < -0.39 is 11.1 Å². The predicted octanol–water partition coefficient (Wildman–Crippen LogP) is 1.19. The Balaban J connectivity index is 1.59. The van der Waals surface area contributed by atoms with E-state index in [1.165, 1.54) is 0 Å². The summed E-state index contributed by atoms with van der Waals surface area (Å²) in [7, 11) is 0. The Morgan fingerprint density at radius 1 is 1.08 bits per heavy atom. The number of H-pyrrole nitrogens is 1. The van der Waals surface area contributed by atoms with Crippen molar-refractivity contribution in [2.24, 2.45) is 0 Å². The molecule has 0 fully saturated rings. The molecule has 2 aromatic carbocycles. The normalized spacial score (nSPS) is 10.7. The van der Waals surface area contributed by atoms with Gasteiger partial charge in [0.05, 0.1) is 17.3 Å². The third kappa shape index (κ3) is 3.83. The van der Waals surface area contributed by atoms with Crippen LogP contribution >= 0.6 is 0 Å². The van der Waals surface area contributed by atoms with Gasteiger partial charge in [0.2, 0.25) is 5.91 Å². The van der Waals surface area contributed by atoms with Crippen LogP contribution in [0, 0.1) is 6.92 Å². The Morgan fingerprint density at radius 2 is 1.77 bits per heavy atom. The standard InChI is InChI=1S/C19H19N3O4/c1-13-6-2-5-9-16(13)26-11-10-20-17(23)12-22-19(25)15-8-4-3-7-14(15)18(24)21-22/h2-9H,10-12H2,1H3,(H,20,23)(H,21,24). The molecule has 1 heterocycles. The molecule has 0 unspecified atom stereocenters. The molecular weight excluding hydrogens is 334 g/mol. The fraction of sp³-hybridized carbons (Fsp3) is 0.211. The van der Waals surface area contributed by atoms with Crippen molar-refractivity contribution in [1.82, 2.24) is 15.1 Å². The van der Waals surface area contributed by atoms with Gasteiger partial charge in [-0.3, -0.25) is 19.5 Å².